The number of carbonyl (C=O) groups is 1. The maximum atomic E-state index is 13.7. The molecular weight excluding hydrogens is 403 g/mol. The number of amides is 1. The first-order valence-corrected chi connectivity index (χ1v) is 10.4. The summed E-state index contributed by atoms with van der Waals surface area (Å²) in [5.74, 6) is -0.332. The average molecular weight is 424 g/mol. The van der Waals surface area contributed by atoms with Crippen LogP contribution in [0.2, 0.25) is 0 Å². The molecule has 5 heteroatoms. The Labute approximate surface area is 184 Å². The maximum Gasteiger partial charge on any atom is 0.409 e. The molecule has 0 bridgehead atoms. The van der Waals surface area contributed by atoms with Crippen molar-refractivity contribution >= 4 is 27.9 Å². The third-order valence-electron chi connectivity index (χ3n) is 5.53. The molecule has 0 spiro atoms. The van der Waals surface area contributed by atoms with Gasteiger partial charge in [0.05, 0.1) is 11.0 Å². The fourth-order valence-electron chi connectivity index (χ4n) is 4.05. The zero-order chi connectivity index (χ0) is 21.9. The van der Waals surface area contributed by atoms with Crippen LogP contribution in [0.5, 0.6) is 0 Å². The lowest BCUT2D eigenvalue weighted by Crippen LogP contribution is -2.33. The Balaban J connectivity index is 1.56. The van der Waals surface area contributed by atoms with Gasteiger partial charge in [0.1, 0.15) is 18.6 Å². The predicted octanol–water partition coefficient (Wildman–Crippen LogP) is 6.41. The number of nitrogens with zero attached hydrogens (tertiary/aromatic N) is 1. The van der Waals surface area contributed by atoms with Gasteiger partial charge in [-0.05, 0) is 35.4 Å². The minimum Gasteiger partial charge on any atom is -0.445 e. The van der Waals surface area contributed by atoms with E-state index in [4.69, 9.17) is 4.74 Å². The van der Waals surface area contributed by atoms with Crippen LogP contribution in [0.15, 0.2) is 103 Å². The van der Waals surface area contributed by atoms with Gasteiger partial charge in [-0.15, -0.1) is 0 Å². The van der Waals surface area contributed by atoms with Crippen molar-refractivity contribution in [2.45, 2.75) is 12.8 Å². The zero-order valence-electron chi connectivity index (χ0n) is 17.2. The van der Waals surface area contributed by atoms with E-state index in [1.165, 1.54) is 12.1 Å². The van der Waals surface area contributed by atoms with Gasteiger partial charge in [0, 0.05) is 10.8 Å². The highest BCUT2D eigenvalue weighted by Gasteiger charge is 2.22. The summed E-state index contributed by atoms with van der Waals surface area (Å²) in [6.07, 6.45) is -1.13. The first kappa shape index (κ1) is 19.8. The average Bonchev–Trinajstić information content (AvgIpc) is 3.17. The molecule has 1 heterocycles. The number of nitrogens with one attached hydrogen (secondary N) is 1. The van der Waals surface area contributed by atoms with E-state index >= 15 is 0 Å². The van der Waals surface area contributed by atoms with Crippen molar-refractivity contribution in [2.24, 2.45) is 0 Å². The number of aromatic nitrogens is 1. The van der Waals surface area contributed by atoms with Crippen molar-refractivity contribution in [3.63, 3.8) is 0 Å². The van der Waals surface area contributed by atoms with E-state index in [-0.39, 0.29) is 12.4 Å². The zero-order valence-corrected chi connectivity index (χ0v) is 17.2. The van der Waals surface area contributed by atoms with Crippen LogP contribution in [-0.4, -0.2) is 10.7 Å². The number of benzene rings is 4. The highest BCUT2D eigenvalue weighted by Crippen LogP contribution is 2.33. The van der Waals surface area contributed by atoms with Crippen molar-refractivity contribution in [3.8, 4) is 0 Å². The molecule has 0 fully saturated rings. The van der Waals surface area contributed by atoms with E-state index in [0.717, 1.165) is 32.9 Å². The first-order valence-electron chi connectivity index (χ1n) is 10.4. The number of hydrogen-bond donors (Lipinski definition) is 1. The normalized spacial score (nSPS) is 12.0. The van der Waals surface area contributed by atoms with Crippen molar-refractivity contribution in [3.05, 3.63) is 120 Å². The van der Waals surface area contributed by atoms with E-state index in [0.29, 0.717) is 0 Å². The lowest BCUT2D eigenvalue weighted by molar-refractivity contribution is 0.134. The second-order valence-electron chi connectivity index (χ2n) is 7.56. The van der Waals surface area contributed by atoms with Crippen molar-refractivity contribution < 1.29 is 13.9 Å². The number of hydrogen-bond acceptors (Lipinski definition) is 2. The molecule has 32 heavy (non-hydrogen) atoms. The van der Waals surface area contributed by atoms with Crippen LogP contribution in [0.1, 0.15) is 17.3 Å². The topological polar surface area (TPSA) is 43.3 Å². The Morgan fingerprint density at radius 3 is 1.97 bits per heavy atom. The van der Waals surface area contributed by atoms with Gasteiger partial charge >= 0.3 is 6.09 Å². The van der Waals surface area contributed by atoms with E-state index < -0.39 is 12.3 Å². The molecule has 4 aromatic carbocycles. The fraction of sp³-hybridized carbons (Fsp3) is 0.0741. The molecule has 0 aliphatic heterocycles. The van der Waals surface area contributed by atoms with Gasteiger partial charge in [0.2, 0.25) is 0 Å². The van der Waals surface area contributed by atoms with Crippen LogP contribution in [-0.2, 0) is 11.3 Å². The summed E-state index contributed by atoms with van der Waals surface area (Å²) in [6, 6.07) is 31.7. The number of ether oxygens (including phenoxy) is 1. The summed E-state index contributed by atoms with van der Waals surface area (Å²) in [4.78, 5) is 12.8. The van der Waals surface area contributed by atoms with Crippen molar-refractivity contribution in [2.75, 3.05) is 0 Å². The Hall–Kier alpha value is -4.12. The fourth-order valence-corrected chi connectivity index (χ4v) is 4.05. The van der Waals surface area contributed by atoms with E-state index in [9.17, 15) is 9.18 Å². The van der Waals surface area contributed by atoms with Crippen LogP contribution in [0.4, 0.5) is 9.18 Å². The molecule has 4 nitrogen and oxygen atoms in total. The lowest BCUT2D eigenvalue weighted by atomic mass is 10.1. The number of fused-ring (bicyclic) bond motifs is 3. The van der Waals surface area contributed by atoms with Gasteiger partial charge in [-0.3, -0.25) is 5.32 Å². The molecule has 5 rings (SSSR count). The standard InChI is InChI=1S/C27H21FN2O2/c28-21-16-14-20(15-17-21)26(29-27(31)32-18-19-8-2-1-3-9-19)30-24-12-6-4-10-22(24)23-11-5-7-13-25(23)30/h1-17,26H,18H2,(H,29,31)/t26-/m1/s1. The molecular formula is C27H21FN2O2. The van der Waals surface area contributed by atoms with Crippen LogP contribution < -0.4 is 5.32 Å². The van der Waals surface area contributed by atoms with Gasteiger partial charge in [-0.1, -0.05) is 78.9 Å². The molecule has 5 aromatic rings. The number of para-hydroxylation sites is 2. The van der Waals surface area contributed by atoms with Gasteiger partial charge in [0.15, 0.2) is 0 Å². The summed E-state index contributed by atoms with van der Waals surface area (Å²) in [7, 11) is 0. The molecule has 0 radical (unpaired) electrons. The summed E-state index contributed by atoms with van der Waals surface area (Å²) in [5, 5.41) is 5.15. The van der Waals surface area contributed by atoms with E-state index in [2.05, 4.69) is 22.0 Å². The number of carbonyl (C=O) groups excluding carboxylic acids is 1. The quantitative estimate of drug-likeness (QED) is 0.354. The van der Waals surface area contributed by atoms with Crippen molar-refractivity contribution in [1.82, 2.24) is 9.88 Å². The maximum absolute atomic E-state index is 13.7. The van der Waals surface area contributed by atoms with Crippen LogP contribution in [0, 0.1) is 5.82 Å². The summed E-state index contributed by atoms with van der Waals surface area (Å²) in [6.45, 7) is 0.163. The van der Waals surface area contributed by atoms with Crippen LogP contribution in [0.3, 0.4) is 0 Å². The van der Waals surface area contributed by atoms with E-state index in [1.807, 2.05) is 66.7 Å². The number of alkyl carbamates (subject to hydrolysis) is 1. The minimum absolute atomic E-state index is 0.163. The second-order valence-corrected chi connectivity index (χ2v) is 7.56. The molecule has 1 aromatic heterocycles. The number of halogens is 1. The summed E-state index contributed by atoms with van der Waals surface area (Å²) in [5.41, 5.74) is 3.57. The number of rotatable bonds is 5. The largest absolute Gasteiger partial charge is 0.445 e. The van der Waals surface area contributed by atoms with E-state index in [1.54, 1.807) is 12.1 Å². The van der Waals surface area contributed by atoms with Gasteiger partial charge in [-0.25, -0.2) is 9.18 Å². The molecule has 0 unspecified atom stereocenters. The molecule has 0 aliphatic carbocycles. The highest BCUT2D eigenvalue weighted by atomic mass is 19.1. The monoisotopic (exact) mass is 424 g/mol. The minimum atomic E-state index is -0.580. The molecule has 0 saturated heterocycles. The van der Waals surface area contributed by atoms with Gasteiger partial charge < -0.3 is 9.30 Å². The van der Waals surface area contributed by atoms with Gasteiger partial charge in [0.25, 0.3) is 0 Å². The summed E-state index contributed by atoms with van der Waals surface area (Å²) >= 11 is 0. The molecule has 0 aliphatic rings. The second kappa shape index (κ2) is 8.55. The summed E-state index contributed by atoms with van der Waals surface area (Å²) < 4.78 is 21.2. The highest BCUT2D eigenvalue weighted by molar-refractivity contribution is 6.08. The Morgan fingerprint density at radius 1 is 0.781 bits per heavy atom. The van der Waals surface area contributed by atoms with Gasteiger partial charge in [-0.2, -0.15) is 0 Å². The molecule has 1 atom stereocenters. The predicted molar refractivity (Wildman–Crippen MR) is 124 cm³/mol. The van der Waals surface area contributed by atoms with Crippen molar-refractivity contribution in [1.29, 1.82) is 0 Å². The molecule has 1 amide bonds. The lowest BCUT2D eigenvalue weighted by Gasteiger charge is -2.23. The van der Waals surface area contributed by atoms with Crippen LogP contribution in [0.25, 0.3) is 21.8 Å². The van der Waals surface area contributed by atoms with Crippen LogP contribution >= 0.6 is 0 Å². The molecule has 1 N–H and O–H groups in total. The Kier molecular flexibility index (Phi) is 5.30. The third kappa shape index (κ3) is 3.81. The molecule has 0 saturated carbocycles. The smallest absolute Gasteiger partial charge is 0.409 e. The third-order valence-corrected chi connectivity index (χ3v) is 5.53. The molecule has 158 valence electrons. The SMILES string of the molecule is O=C(N[C@@H](c1ccc(F)cc1)n1c2ccccc2c2ccccc21)OCc1ccccc1. The first-order chi connectivity index (χ1) is 15.7. The Bertz CT molecular complexity index is 1320. The Morgan fingerprint density at radius 2 is 1.34 bits per heavy atom.